The quantitative estimate of drug-likeness (QED) is 0.778. The van der Waals surface area contributed by atoms with Gasteiger partial charge in [-0.15, -0.1) is 0 Å². The molecule has 0 fully saturated rings. The van der Waals surface area contributed by atoms with Crippen LogP contribution in [0.2, 0.25) is 0 Å². The molecular formula is C18H17N5O2S. The van der Waals surface area contributed by atoms with Gasteiger partial charge in [-0.2, -0.15) is 10.5 Å². The van der Waals surface area contributed by atoms with Gasteiger partial charge in [-0.05, 0) is 5.56 Å². The van der Waals surface area contributed by atoms with Gasteiger partial charge in [0, 0.05) is 14.1 Å². The number of pyridine rings is 1. The molecule has 2 N–H and O–H groups in total. The molecule has 1 amide bonds. The third-order valence-corrected chi connectivity index (χ3v) is 4.80. The molecule has 2 rings (SSSR count). The van der Waals surface area contributed by atoms with E-state index in [4.69, 9.17) is 10.5 Å². The van der Waals surface area contributed by atoms with Crippen LogP contribution in [0.4, 0.5) is 5.82 Å². The van der Waals surface area contributed by atoms with Crippen LogP contribution in [0.5, 0.6) is 5.75 Å². The predicted molar refractivity (Wildman–Crippen MR) is 98.8 cm³/mol. The fourth-order valence-corrected chi connectivity index (χ4v) is 3.40. The smallest absolute Gasteiger partial charge is 0.235 e. The minimum atomic E-state index is -0.733. The number of amides is 1. The Hall–Kier alpha value is -3.23. The van der Waals surface area contributed by atoms with E-state index < -0.39 is 11.2 Å². The van der Waals surface area contributed by atoms with Gasteiger partial charge >= 0.3 is 0 Å². The van der Waals surface area contributed by atoms with Crippen molar-refractivity contribution >= 4 is 23.5 Å². The van der Waals surface area contributed by atoms with Crippen LogP contribution in [0.15, 0.2) is 35.4 Å². The molecule has 132 valence electrons. The number of primary amides is 1. The second kappa shape index (κ2) is 8.24. The van der Waals surface area contributed by atoms with E-state index in [2.05, 4.69) is 4.98 Å². The molecular weight excluding hydrogens is 350 g/mol. The number of ether oxygens (including phenoxy) is 1. The Morgan fingerprint density at radius 1 is 1.23 bits per heavy atom. The van der Waals surface area contributed by atoms with Gasteiger partial charge in [-0.1, -0.05) is 42.1 Å². The first kappa shape index (κ1) is 19.1. The Kier molecular flexibility index (Phi) is 6.05. The molecule has 1 heterocycles. The van der Waals surface area contributed by atoms with Crippen molar-refractivity contribution in [1.82, 2.24) is 4.98 Å². The van der Waals surface area contributed by atoms with Crippen molar-refractivity contribution < 1.29 is 9.53 Å². The standard InChI is InChI=1S/C18H17N5O2S/c1-23(2)17-12(9-19)14(25-3)13(10-20)18(22-17)26-15(16(21)24)11-7-5-4-6-8-11/h4-8,15H,1-3H3,(H2,21,24). The zero-order valence-corrected chi connectivity index (χ0v) is 15.4. The second-order valence-electron chi connectivity index (χ2n) is 5.45. The highest BCUT2D eigenvalue weighted by Gasteiger charge is 2.27. The van der Waals surface area contributed by atoms with Crippen molar-refractivity contribution in [3.8, 4) is 17.9 Å². The Bertz CT molecular complexity index is 901. The largest absolute Gasteiger partial charge is 0.494 e. The maximum absolute atomic E-state index is 12.0. The summed E-state index contributed by atoms with van der Waals surface area (Å²) in [6, 6.07) is 13.0. The molecule has 0 saturated heterocycles. The van der Waals surface area contributed by atoms with E-state index in [1.165, 1.54) is 7.11 Å². The number of aromatic nitrogens is 1. The lowest BCUT2D eigenvalue weighted by Gasteiger charge is -2.20. The Labute approximate surface area is 156 Å². The lowest BCUT2D eigenvalue weighted by atomic mass is 10.1. The number of carbonyl (C=O) groups excluding carboxylic acids is 1. The van der Waals surface area contributed by atoms with E-state index in [1.54, 1.807) is 43.3 Å². The highest BCUT2D eigenvalue weighted by Crippen LogP contribution is 2.41. The van der Waals surface area contributed by atoms with Gasteiger partial charge in [0.05, 0.1) is 7.11 Å². The van der Waals surface area contributed by atoms with Crippen LogP contribution < -0.4 is 15.4 Å². The molecule has 0 saturated carbocycles. The molecule has 1 atom stereocenters. The average Bonchev–Trinajstić information content (AvgIpc) is 2.64. The monoisotopic (exact) mass is 367 g/mol. The summed E-state index contributed by atoms with van der Waals surface area (Å²) < 4.78 is 5.30. The van der Waals surface area contributed by atoms with Crippen LogP contribution >= 0.6 is 11.8 Å². The zero-order chi connectivity index (χ0) is 19.3. The summed E-state index contributed by atoms with van der Waals surface area (Å²) in [5.41, 5.74) is 6.53. The topological polar surface area (TPSA) is 116 Å². The van der Waals surface area contributed by atoms with Crippen molar-refractivity contribution in [2.45, 2.75) is 10.3 Å². The number of hydrogen-bond donors (Lipinski definition) is 1. The number of nitrogens with zero attached hydrogens (tertiary/aromatic N) is 4. The van der Waals surface area contributed by atoms with Gasteiger partial charge in [-0.3, -0.25) is 4.79 Å². The van der Waals surface area contributed by atoms with Crippen molar-refractivity contribution in [3.63, 3.8) is 0 Å². The summed E-state index contributed by atoms with van der Waals surface area (Å²) in [6.45, 7) is 0. The summed E-state index contributed by atoms with van der Waals surface area (Å²) in [6.07, 6.45) is 0. The normalized spacial score (nSPS) is 11.1. The molecule has 8 heteroatoms. The molecule has 0 radical (unpaired) electrons. The molecule has 0 aliphatic rings. The third kappa shape index (κ3) is 3.71. The number of nitriles is 2. The summed E-state index contributed by atoms with van der Waals surface area (Å²) in [5, 5.41) is 18.6. The number of carbonyl (C=O) groups is 1. The molecule has 0 aliphatic carbocycles. The van der Waals surface area contributed by atoms with Gasteiger partial charge in [0.2, 0.25) is 5.91 Å². The number of methoxy groups -OCH3 is 1. The molecule has 0 bridgehead atoms. The van der Waals surface area contributed by atoms with Crippen LogP contribution in [0.1, 0.15) is 21.9 Å². The fourth-order valence-electron chi connectivity index (χ4n) is 2.37. The van der Waals surface area contributed by atoms with E-state index >= 15 is 0 Å². The Morgan fingerprint density at radius 3 is 2.31 bits per heavy atom. The third-order valence-electron chi connectivity index (χ3n) is 3.54. The lowest BCUT2D eigenvalue weighted by molar-refractivity contribution is -0.117. The summed E-state index contributed by atoms with van der Waals surface area (Å²) >= 11 is 1.06. The highest BCUT2D eigenvalue weighted by atomic mass is 32.2. The average molecular weight is 367 g/mol. The number of thioether (sulfide) groups is 1. The minimum absolute atomic E-state index is 0.0989. The van der Waals surface area contributed by atoms with Crippen LogP contribution in [0, 0.1) is 22.7 Å². The first-order chi connectivity index (χ1) is 12.4. The van der Waals surface area contributed by atoms with Crippen LogP contribution in [0.3, 0.4) is 0 Å². The molecule has 1 aromatic heterocycles. The maximum atomic E-state index is 12.0. The highest BCUT2D eigenvalue weighted by molar-refractivity contribution is 8.00. The molecule has 2 aromatic rings. The van der Waals surface area contributed by atoms with Gasteiger partial charge in [-0.25, -0.2) is 4.98 Å². The van der Waals surface area contributed by atoms with Crippen LogP contribution in [-0.4, -0.2) is 32.1 Å². The lowest BCUT2D eigenvalue weighted by Crippen LogP contribution is -2.20. The summed E-state index contributed by atoms with van der Waals surface area (Å²) in [4.78, 5) is 18.1. The molecule has 1 aromatic carbocycles. The van der Waals surface area contributed by atoms with E-state index in [-0.39, 0.29) is 21.9 Å². The predicted octanol–water partition coefficient (Wildman–Crippen LogP) is 2.22. The number of rotatable bonds is 6. The first-order valence-corrected chi connectivity index (χ1v) is 8.43. The van der Waals surface area contributed by atoms with Crippen molar-refractivity contribution in [2.24, 2.45) is 5.73 Å². The first-order valence-electron chi connectivity index (χ1n) is 7.55. The van der Waals surface area contributed by atoms with Gasteiger partial charge in [0.1, 0.15) is 33.5 Å². The fraction of sp³-hybridized carbons (Fsp3) is 0.222. The summed E-state index contributed by atoms with van der Waals surface area (Å²) in [7, 11) is 4.84. The molecule has 1 unspecified atom stereocenters. The van der Waals surface area contributed by atoms with E-state index in [1.807, 2.05) is 18.2 Å². The number of anilines is 1. The molecule has 0 spiro atoms. The minimum Gasteiger partial charge on any atom is -0.494 e. The van der Waals surface area contributed by atoms with E-state index in [0.29, 0.717) is 11.4 Å². The van der Waals surface area contributed by atoms with Crippen molar-refractivity contribution in [1.29, 1.82) is 10.5 Å². The molecule has 0 aliphatic heterocycles. The van der Waals surface area contributed by atoms with Gasteiger partial charge in [0.25, 0.3) is 0 Å². The summed E-state index contributed by atoms with van der Waals surface area (Å²) in [5.74, 6) is -0.0729. The van der Waals surface area contributed by atoms with E-state index in [9.17, 15) is 15.3 Å². The van der Waals surface area contributed by atoms with Crippen molar-refractivity contribution in [3.05, 3.63) is 47.0 Å². The van der Waals surface area contributed by atoms with Gasteiger partial charge in [0.15, 0.2) is 11.6 Å². The SMILES string of the molecule is COc1c(C#N)c(SC(C(N)=O)c2ccccc2)nc(N(C)C)c1C#N. The number of benzene rings is 1. The van der Waals surface area contributed by atoms with Crippen molar-refractivity contribution in [2.75, 3.05) is 26.1 Å². The van der Waals surface area contributed by atoms with Crippen LogP contribution in [0.25, 0.3) is 0 Å². The Morgan fingerprint density at radius 2 is 1.85 bits per heavy atom. The van der Waals surface area contributed by atoms with Crippen LogP contribution in [-0.2, 0) is 4.79 Å². The zero-order valence-electron chi connectivity index (χ0n) is 14.6. The van der Waals surface area contributed by atoms with Gasteiger partial charge < -0.3 is 15.4 Å². The van der Waals surface area contributed by atoms with E-state index in [0.717, 1.165) is 11.8 Å². The Balaban J connectivity index is 2.65. The number of hydrogen-bond acceptors (Lipinski definition) is 7. The molecule has 26 heavy (non-hydrogen) atoms. The number of nitrogens with two attached hydrogens (primary N) is 1. The second-order valence-corrected chi connectivity index (χ2v) is 6.55. The molecule has 7 nitrogen and oxygen atoms in total. The maximum Gasteiger partial charge on any atom is 0.235 e.